The Bertz CT molecular complexity index is 1820. The molecule has 4 aromatic heterocycles. The number of carbonyl (C=O) groups excluding carboxylic acids is 1. The fraction of sp³-hybridized carbons (Fsp3) is 0.455. The second-order valence-corrected chi connectivity index (χ2v) is 12.9. The van der Waals surface area contributed by atoms with E-state index in [0.717, 1.165) is 96.7 Å². The third kappa shape index (κ3) is 5.29. The number of pyridine rings is 1. The van der Waals surface area contributed by atoms with Gasteiger partial charge >= 0.3 is 11.8 Å². The molecule has 5 heterocycles. The SMILES string of the molecule is Cc1c(-c2nc3c(-c4ccc5c(c4)CCCC[C@H]5NC(=O)c4nnc(C(C)(C)C)o4)ccnc3[nH]2)cnn1C1CCOCC1. The van der Waals surface area contributed by atoms with Crippen molar-refractivity contribution >= 4 is 17.1 Å². The molecule has 7 rings (SSSR count). The third-order valence-corrected chi connectivity index (χ3v) is 8.81. The molecule has 1 fully saturated rings. The highest BCUT2D eigenvalue weighted by atomic mass is 16.5. The fourth-order valence-electron chi connectivity index (χ4n) is 6.36. The predicted molar refractivity (Wildman–Crippen MR) is 165 cm³/mol. The van der Waals surface area contributed by atoms with Gasteiger partial charge < -0.3 is 19.5 Å². The zero-order valence-corrected chi connectivity index (χ0v) is 25.7. The van der Waals surface area contributed by atoms with Gasteiger partial charge in [-0.3, -0.25) is 9.48 Å². The first-order valence-electron chi connectivity index (χ1n) is 15.5. The molecule has 1 amide bonds. The van der Waals surface area contributed by atoms with Crippen LogP contribution in [0.15, 0.2) is 41.1 Å². The molecule has 2 aliphatic rings. The molecule has 1 aromatic carbocycles. The number of aryl methyl sites for hydroxylation is 1. The van der Waals surface area contributed by atoms with E-state index in [4.69, 9.17) is 19.2 Å². The Morgan fingerprint density at radius 1 is 1.07 bits per heavy atom. The Labute approximate surface area is 255 Å². The van der Waals surface area contributed by atoms with Crippen LogP contribution in [0.2, 0.25) is 0 Å². The van der Waals surface area contributed by atoms with Gasteiger partial charge in [0, 0.05) is 36.1 Å². The summed E-state index contributed by atoms with van der Waals surface area (Å²) in [6, 6.07) is 8.72. The van der Waals surface area contributed by atoms with E-state index in [1.54, 1.807) is 0 Å². The Kier molecular flexibility index (Phi) is 7.28. The normalized spacial score (nSPS) is 17.9. The number of hydrogen-bond donors (Lipinski definition) is 2. The molecule has 5 aromatic rings. The monoisotopic (exact) mass is 594 g/mol. The standard InChI is InChI=1S/C33H38N8O3/c1-19-25(18-35-41(19)22-12-15-43-16-13-22)28-37-27-24(11-14-34-29(27)38-28)21-9-10-23-20(17-21)7-5-6-8-26(23)36-30(42)31-39-40-32(44-31)33(2,3)4/h9-11,14,17-18,22,26H,5-8,12-13,15-16H2,1-4H3,(H,36,42)(H,34,37,38)/t26-/m1/s1. The number of benzene rings is 1. The number of imidazole rings is 1. The van der Waals surface area contributed by atoms with E-state index in [1.807, 2.05) is 39.2 Å². The largest absolute Gasteiger partial charge is 0.416 e. The minimum absolute atomic E-state index is 0.000562. The molecule has 1 aliphatic carbocycles. The van der Waals surface area contributed by atoms with Crippen LogP contribution in [0.3, 0.4) is 0 Å². The lowest BCUT2D eigenvalue weighted by Crippen LogP contribution is -2.29. The minimum atomic E-state index is -0.342. The van der Waals surface area contributed by atoms with Crippen molar-refractivity contribution in [2.24, 2.45) is 0 Å². The van der Waals surface area contributed by atoms with Crippen LogP contribution in [0.5, 0.6) is 0 Å². The van der Waals surface area contributed by atoms with E-state index in [9.17, 15) is 4.79 Å². The second kappa shape index (κ2) is 11.3. The molecule has 228 valence electrons. The maximum atomic E-state index is 13.1. The average molecular weight is 595 g/mol. The number of rotatable bonds is 5. The van der Waals surface area contributed by atoms with Crippen molar-refractivity contribution in [1.82, 2.24) is 40.2 Å². The number of nitrogens with one attached hydrogen (secondary N) is 2. The van der Waals surface area contributed by atoms with E-state index >= 15 is 0 Å². The number of ether oxygens (including phenoxy) is 1. The highest BCUT2D eigenvalue weighted by molar-refractivity contribution is 5.92. The summed E-state index contributed by atoms with van der Waals surface area (Å²) in [5.74, 6) is 0.871. The number of H-pyrrole nitrogens is 1. The summed E-state index contributed by atoms with van der Waals surface area (Å²) < 4.78 is 13.4. The smallest absolute Gasteiger partial charge is 0.309 e. The van der Waals surface area contributed by atoms with Crippen LogP contribution < -0.4 is 5.32 Å². The van der Waals surface area contributed by atoms with Crippen molar-refractivity contribution in [3.05, 3.63) is 65.3 Å². The van der Waals surface area contributed by atoms with Crippen LogP contribution in [0.4, 0.5) is 0 Å². The molecule has 1 saturated heterocycles. The molecular formula is C33H38N8O3. The molecule has 0 spiro atoms. The molecule has 1 aliphatic heterocycles. The number of fused-ring (bicyclic) bond motifs is 2. The number of aromatic nitrogens is 7. The Morgan fingerprint density at radius 3 is 2.70 bits per heavy atom. The van der Waals surface area contributed by atoms with Gasteiger partial charge in [-0.05, 0) is 61.8 Å². The maximum absolute atomic E-state index is 13.1. The first-order valence-corrected chi connectivity index (χ1v) is 15.5. The molecule has 44 heavy (non-hydrogen) atoms. The van der Waals surface area contributed by atoms with E-state index in [-0.39, 0.29) is 23.3 Å². The molecular weight excluding hydrogens is 556 g/mol. The van der Waals surface area contributed by atoms with Gasteiger partial charge in [-0.1, -0.05) is 45.4 Å². The van der Waals surface area contributed by atoms with Gasteiger partial charge in [-0.25, -0.2) is 9.97 Å². The number of aromatic amines is 1. The van der Waals surface area contributed by atoms with E-state index in [2.05, 4.69) is 55.3 Å². The molecule has 1 atom stereocenters. The topological polar surface area (TPSA) is 137 Å². The average Bonchev–Trinajstić information content (AvgIpc) is 3.74. The van der Waals surface area contributed by atoms with Gasteiger partial charge in [0.15, 0.2) is 5.65 Å². The lowest BCUT2D eigenvalue weighted by Gasteiger charge is -2.23. The fourth-order valence-corrected chi connectivity index (χ4v) is 6.36. The highest BCUT2D eigenvalue weighted by Gasteiger charge is 2.28. The summed E-state index contributed by atoms with van der Waals surface area (Å²) in [7, 11) is 0. The summed E-state index contributed by atoms with van der Waals surface area (Å²) in [5.41, 5.74) is 7.75. The van der Waals surface area contributed by atoms with E-state index in [1.165, 1.54) is 5.56 Å². The number of nitrogens with zero attached hydrogens (tertiary/aromatic N) is 6. The van der Waals surface area contributed by atoms with Crippen molar-refractivity contribution in [3.63, 3.8) is 0 Å². The van der Waals surface area contributed by atoms with Crippen LogP contribution in [-0.4, -0.2) is 54.1 Å². The number of amides is 1. The van der Waals surface area contributed by atoms with Crippen molar-refractivity contribution in [3.8, 4) is 22.5 Å². The van der Waals surface area contributed by atoms with Gasteiger partial charge in [0.1, 0.15) is 11.3 Å². The predicted octanol–water partition coefficient (Wildman–Crippen LogP) is 6.03. The number of hydrogen-bond acceptors (Lipinski definition) is 8. The molecule has 2 N–H and O–H groups in total. The quantitative estimate of drug-likeness (QED) is 0.236. The maximum Gasteiger partial charge on any atom is 0.309 e. The Morgan fingerprint density at radius 2 is 1.91 bits per heavy atom. The molecule has 0 bridgehead atoms. The van der Waals surface area contributed by atoms with Crippen LogP contribution in [-0.2, 0) is 16.6 Å². The van der Waals surface area contributed by atoms with Gasteiger partial charge in [-0.15, -0.1) is 10.2 Å². The Balaban J connectivity index is 1.17. The summed E-state index contributed by atoms with van der Waals surface area (Å²) in [5, 5.41) is 16.0. The van der Waals surface area contributed by atoms with Gasteiger partial charge in [-0.2, -0.15) is 5.10 Å². The van der Waals surface area contributed by atoms with Crippen molar-refractivity contribution < 1.29 is 13.9 Å². The van der Waals surface area contributed by atoms with Crippen LogP contribution in [0.25, 0.3) is 33.7 Å². The van der Waals surface area contributed by atoms with E-state index in [0.29, 0.717) is 11.9 Å². The first kappa shape index (κ1) is 28.4. The first-order chi connectivity index (χ1) is 21.3. The van der Waals surface area contributed by atoms with Crippen molar-refractivity contribution in [2.75, 3.05) is 13.2 Å². The van der Waals surface area contributed by atoms with Crippen LogP contribution >= 0.6 is 0 Å². The van der Waals surface area contributed by atoms with Crippen LogP contribution in [0, 0.1) is 6.92 Å². The summed E-state index contributed by atoms with van der Waals surface area (Å²) in [6.07, 6.45) is 9.50. The summed E-state index contributed by atoms with van der Waals surface area (Å²) in [4.78, 5) is 26.2. The lowest BCUT2D eigenvalue weighted by molar-refractivity contribution is 0.0657. The van der Waals surface area contributed by atoms with E-state index < -0.39 is 0 Å². The summed E-state index contributed by atoms with van der Waals surface area (Å²) in [6.45, 7) is 9.56. The zero-order chi connectivity index (χ0) is 30.4. The molecule has 0 unspecified atom stereocenters. The number of carbonyl (C=O) groups is 1. The third-order valence-electron chi connectivity index (χ3n) is 8.81. The highest BCUT2D eigenvalue weighted by Crippen LogP contribution is 2.35. The lowest BCUT2D eigenvalue weighted by atomic mass is 9.94. The van der Waals surface area contributed by atoms with Gasteiger partial charge in [0.25, 0.3) is 0 Å². The molecule has 0 radical (unpaired) electrons. The molecule has 11 heteroatoms. The van der Waals surface area contributed by atoms with Crippen molar-refractivity contribution in [1.29, 1.82) is 0 Å². The molecule has 0 saturated carbocycles. The molecule has 11 nitrogen and oxygen atoms in total. The second-order valence-electron chi connectivity index (χ2n) is 12.9. The van der Waals surface area contributed by atoms with Gasteiger partial charge in [0.05, 0.1) is 23.8 Å². The van der Waals surface area contributed by atoms with Crippen LogP contribution in [0.1, 0.15) is 98.4 Å². The van der Waals surface area contributed by atoms with Gasteiger partial charge in [0.2, 0.25) is 5.89 Å². The Hall–Kier alpha value is -4.38. The van der Waals surface area contributed by atoms with Crippen molar-refractivity contribution in [2.45, 2.75) is 83.7 Å². The summed E-state index contributed by atoms with van der Waals surface area (Å²) >= 11 is 0. The minimum Gasteiger partial charge on any atom is -0.416 e. The zero-order valence-electron chi connectivity index (χ0n) is 25.7.